The fourth-order valence-corrected chi connectivity index (χ4v) is 3.37. The Morgan fingerprint density at radius 2 is 1.90 bits per heavy atom. The summed E-state index contributed by atoms with van der Waals surface area (Å²) < 4.78 is 43.3. The van der Waals surface area contributed by atoms with Crippen molar-refractivity contribution in [2.75, 3.05) is 11.4 Å². The molecule has 0 spiro atoms. The standard InChI is InChI=1S/C20H15ClF3N3O2/c1-11-2-7-15(9-16(11)21)27-10-13(8-17(27)28)18-25-19(29-26-18)12-3-5-14(6-4-12)20(22,23)24/h2-7,9,13H,8,10H2,1H3. The van der Waals surface area contributed by atoms with Gasteiger partial charge in [0.25, 0.3) is 5.89 Å². The van der Waals surface area contributed by atoms with Gasteiger partial charge in [0.15, 0.2) is 5.82 Å². The van der Waals surface area contributed by atoms with E-state index in [2.05, 4.69) is 10.1 Å². The first-order chi connectivity index (χ1) is 13.7. The van der Waals surface area contributed by atoms with Crippen molar-refractivity contribution in [2.24, 2.45) is 0 Å². The number of hydrogen-bond acceptors (Lipinski definition) is 4. The second-order valence-electron chi connectivity index (χ2n) is 6.87. The van der Waals surface area contributed by atoms with Crippen LogP contribution in [-0.2, 0) is 11.0 Å². The number of aryl methyl sites for hydroxylation is 1. The third-order valence-corrected chi connectivity index (χ3v) is 5.27. The lowest BCUT2D eigenvalue weighted by molar-refractivity contribution is -0.137. The number of nitrogens with zero attached hydrogens (tertiary/aromatic N) is 3. The highest BCUT2D eigenvalue weighted by molar-refractivity contribution is 6.31. The van der Waals surface area contributed by atoms with Crippen molar-refractivity contribution in [3.8, 4) is 11.5 Å². The zero-order valence-electron chi connectivity index (χ0n) is 15.2. The maximum absolute atomic E-state index is 12.7. The van der Waals surface area contributed by atoms with Crippen molar-refractivity contribution in [3.63, 3.8) is 0 Å². The molecule has 9 heteroatoms. The van der Waals surface area contributed by atoms with Gasteiger partial charge in [-0.1, -0.05) is 22.8 Å². The molecule has 1 aliphatic rings. The Kier molecular flexibility index (Phi) is 4.82. The van der Waals surface area contributed by atoms with Crippen LogP contribution in [0, 0.1) is 6.92 Å². The van der Waals surface area contributed by atoms with Gasteiger partial charge in [0, 0.05) is 35.2 Å². The molecule has 0 bridgehead atoms. The van der Waals surface area contributed by atoms with E-state index >= 15 is 0 Å². The minimum absolute atomic E-state index is 0.0872. The van der Waals surface area contributed by atoms with Crippen LogP contribution in [0.2, 0.25) is 5.02 Å². The molecule has 0 saturated carbocycles. The average Bonchev–Trinajstić information content (AvgIpc) is 3.30. The van der Waals surface area contributed by atoms with Crippen molar-refractivity contribution in [1.82, 2.24) is 10.1 Å². The summed E-state index contributed by atoms with van der Waals surface area (Å²) in [7, 11) is 0. The van der Waals surface area contributed by atoms with Crippen LogP contribution >= 0.6 is 11.6 Å². The molecule has 1 fully saturated rings. The van der Waals surface area contributed by atoms with Gasteiger partial charge in [-0.2, -0.15) is 18.2 Å². The topological polar surface area (TPSA) is 59.2 Å². The van der Waals surface area contributed by atoms with E-state index < -0.39 is 11.7 Å². The molecule has 1 amide bonds. The number of anilines is 1. The lowest BCUT2D eigenvalue weighted by Crippen LogP contribution is -2.24. The van der Waals surface area contributed by atoms with Crippen LogP contribution in [0.5, 0.6) is 0 Å². The number of benzene rings is 2. The highest BCUT2D eigenvalue weighted by atomic mass is 35.5. The molecule has 3 aromatic rings. The Bertz CT molecular complexity index is 1060. The Hall–Kier alpha value is -2.87. The fourth-order valence-electron chi connectivity index (χ4n) is 3.20. The van der Waals surface area contributed by atoms with Gasteiger partial charge in [-0.05, 0) is 48.9 Å². The summed E-state index contributed by atoms with van der Waals surface area (Å²) in [6.07, 6.45) is -4.21. The SMILES string of the molecule is Cc1ccc(N2CC(c3noc(-c4ccc(C(F)(F)F)cc4)n3)CC2=O)cc1Cl. The molecule has 1 unspecified atom stereocenters. The highest BCUT2D eigenvalue weighted by Gasteiger charge is 2.35. The molecule has 1 aliphatic heterocycles. The van der Waals surface area contributed by atoms with Gasteiger partial charge >= 0.3 is 6.18 Å². The maximum atomic E-state index is 12.7. The number of hydrogen-bond donors (Lipinski definition) is 0. The molecule has 1 atom stereocenters. The molecule has 2 heterocycles. The zero-order valence-corrected chi connectivity index (χ0v) is 16.0. The summed E-state index contributed by atoms with van der Waals surface area (Å²) in [6.45, 7) is 2.24. The first kappa shape index (κ1) is 19.4. The lowest BCUT2D eigenvalue weighted by atomic mass is 10.1. The molecule has 5 nitrogen and oxygen atoms in total. The molecule has 0 N–H and O–H groups in total. The first-order valence-electron chi connectivity index (χ1n) is 8.80. The lowest BCUT2D eigenvalue weighted by Gasteiger charge is -2.17. The van der Waals surface area contributed by atoms with Gasteiger partial charge in [0.05, 0.1) is 5.56 Å². The molecule has 2 aromatic carbocycles. The second-order valence-corrected chi connectivity index (χ2v) is 7.28. The minimum atomic E-state index is -4.41. The van der Waals surface area contributed by atoms with Gasteiger partial charge in [0.2, 0.25) is 5.91 Å². The van der Waals surface area contributed by atoms with E-state index in [1.165, 1.54) is 12.1 Å². The summed E-state index contributed by atoms with van der Waals surface area (Å²) in [5.74, 6) is 0.0808. The summed E-state index contributed by atoms with van der Waals surface area (Å²) in [5, 5.41) is 4.50. The van der Waals surface area contributed by atoms with Crippen molar-refractivity contribution >= 4 is 23.2 Å². The summed E-state index contributed by atoms with van der Waals surface area (Å²) in [5.41, 5.74) is 1.23. The van der Waals surface area contributed by atoms with Gasteiger partial charge in [-0.3, -0.25) is 4.79 Å². The number of rotatable bonds is 3. The molecule has 1 saturated heterocycles. The van der Waals surface area contributed by atoms with E-state index in [-0.39, 0.29) is 24.1 Å². The summed E-state index contributed by atoms with van der Waals surface area (Å²) in [6, 6.07) is 9.88. The molecular weight excluding hydrogens is 407 g/mol. The van der Waals surface area contributed by atoms with Gasteiger partial charge in [-0.15, -0.1) is 0 Å². The van der Waals surface area contributed by atoms with E-state index in [0.29, 0.717) is 28.6 Å². The molecule has 0 aliphatic carbocycles. The van der Waals surface area contributed by atoms with Crippen LogP contribution in [0.15, 0.2) is 47.0 Å². The zero-order chi connectivity index (χ0) is 20.8. The van der Waals surface area contributed by atoms with E-state index in [0.717, 1.165) is 17.7 Å². The summed E-state index contributed by atoms with van der Waals surface area (Å²) in [4.78, 5) is 18.4. The Balaban J connectivity index is 1.52. The second kappa shape index (κ2) is 7.18. The highest BCUT2D eigenvalue weighted by Crippen LogP contribution is 2.34. The van der Waals surface area contributed by atoms with E-state index in [4.69, 9.17) is 16.1 Å². The number of aromatic nitrogens is 2. The summed E-state index contributed by atoms with van der Waals surface area (Å²) >= 11 is 6.16. The van der Waals surface area contributed by atoms with Crippen molar-refractivity contribution in [3.05, 3.63) is 64.4 Å². The Morgan fingerprint density at radius 3 is 2.55 bits per heavy atom. The van der Waals surface area contributed by atoms with E-state index in [9.17, 15) is 18.0 Å². The van der Waals surface area contributed by atoms with E-state index in [1.807, 2.05) is 19.1 Å². The van der Waals surface area contributed by atoms with Crippen molar-refractivity contribution in [2.45, 2.75) is 25.4 Å². The first-order valence-corrected chi connectivity index (χ1v) is 9.18. The van der Waals surface area contributed by atoms with Crippen LogP contribution < -0.4 is 4.90 Å². The van der Waals surface area contributed by atoms with Crippen molar-refractivity contribution in [1.29, 1.82) is 0 Å². The van der Waals surface area contributed by atoms with Crippen LogP contribution in [-0.4, -0.2) is 22.6 Å². The number of amides is 1. The molecule has 29 heavy (non-hydrogen) atoms. The van der Waals surface area contributed by atoms with Gasteiger partial charge in [-0.25, -0.2) is 0 Å². The van der Waals surface area contributed by atoms with E-state index in [1.54, 1.807) is 11.0 Å². The van der Waals surface area contributed by atoms with Crippen molar-refractivity contribution < 1.29 is 22.5 Å². The number of halogens is 4. The number of alkyl halides is 3. The Labute approximate surface area is 169 Å². The predicted octanol–water partition coefficient (Wildman–Crippen LogP) is 5.24. The smallest absolute Gasteiger partial charge is 0.334 e. The molecule has 0 radical (unpaired) electrons. The average molecular weight is 422 g/mol. The third kappa shape index (κ3) is 3.85. The van der Waals surface area contributed by atoms with Crippen LogP contribution in [0.4, 0.5) is 18.9 Å². The normalized spacial score (nSPS) is 17.2. The monoisotopic (exact) mass is 421 g/mol. The minimum Gasteiger partial charge on any atom is -0.334 e. The predicted molar refractivity (Wildman–Crippen MR) is 101 cm³/mol. The third-order valence-electron chi connectivity index (χ3n) is 4.86. The largest absolute Gasteiger partial charge is 0.416 e. The number of carbonyl (C=O) groups excluding carboxylic acids is 1. The molecule has 150 valence electrons. The van der Waals surface area contributed by atoms with Crippen LogP contribution in [0.25, 0.3) is 11.5 Å². The molecule has 1 aromatic heterocycles. The quantitative estimate of drug-likeness (QED) is 0.580. The van der Waals surface area contributed by atoms with Gasteiger partial charge in [0.1, 0.15) is 0 Å². The molecular formula is C20H15ClF3N3O2. The molecule has 4 rings (SSSR count). The van der Waals surface area contributed by atoms with Crippen LogP contribution in [0.1, 0.15) is 29.3 Å². The van der Waals surface area contributed by atoms with Gasteiger partial charge < -0.3 is 9.42 Å². The number of carbonyl (C=O) groups is 1. The Morgan fingerprint density at radius 1 is 1.17 bits per heavy atom. The fraction of sp³-hybridized carbons (Fsp3) is 0.250. The maximum Gasteiger partial charge on any atom is 0.416 e. The van der Waals surface area contributed by atoms with Crippen LogP contribution in [0.3, 0.4) is 0 Å².